The summed E-state index contributed by atoms with van der Waals surface area (Å²) in [5, 5.41) is 16.9. The lowest BCUT2D eigenvalue weighted by Gasteiger charge is -2.01. The number of hydrogen-bond acceptors (Lipinski definition) is 3. The topological polar surface area (TPSA) is 70.7 Å². The molecule has 1 amide bonds. The highest BCUT2D eigenvalue weighted by molar-refractivity contribution is 6.36. The van der Waals surface area contributed by atoms with E-state index in [2.05, 4.69) is 16.5 Å². The van der Waals surface area contributed by atoms with E-state index in [1.807, 2.05) is 42.6 Å². The number of nitriles is 1. The fourth-order valence-corrected chi connectivity index (χ4v) is 3.27. The molecule has 1 aliphatic rings. The van der Waals surface area contributed by atoms with Gasteiger partial charge in [-0.2, -0.15) is 10.4 Å². The third-order valence-electron chi connectivity index (χ3n) is 4.35. The van der Waals surface area contributed by atoms with Crippen molar-refractivity contribution in [1.82, 2.24) is 9.78 Å². The van der Waals surface area contributed by atoms with Crippen LogP contribution in [0.25, 0.3) is 22.9 Å². The molecule has 0 saturated heterocycles. The van der Waals surface area contributed by atoms with E-state index in [-0.39, 0.29) is 5.91 Å². The quantitative estimate of drug-likeness (QED) is 0.678. The van der Waals surface area contributed by atoms with Gasteiger partial charge in [0, 0.05) is 39.2 Å². The van der Waals surface area contributed by atoms with E-state index in [4.69, 9.17) is 16.9 Å². The van der Waals surface area contributed by atoms with Gasteiger partial charge in [0.2, 0.25) is 0 Å². The second kappa shape index (κ2) is 7.10. The fourth-order valence-electron chi connectivity index (χ4n) is 3.10. The number of fused-ring (bicyclic) bond motifs is 1. The van der Waals surface area contributed by atoms with Crippen LogP contribution in [0, 0.1) is 11.3 Å². The Labute approximate surface area is 161 Å². The Morgan fingerprint density at radius 3 is 2.81 bits per heavy atom. The van der Waals surface area contributed by atoms with Crippen molar-refractivity contribution in [3.8, 4) is 17.3 Å². The summed E-state index contributed by atoms with van der Waals surface area (Å²) in [6.45, 7) is 0.494. The Hall–Kier alpha value is -3.36. The van der Waals surface area contributed by atoms with Gasteiger partial charge >= 0.3 is 0 Å². The molecule has 0 atom stereocenters. The second-order valence-electron chi connectivity index (χ2n) is 6.17. The van der Waals surface area contributed by atoms with E-state index in [1.54, 1.807) is 22.9 Å². The lowest BCUT2D eigenvalue weighted by atomic mass is 10.0. The zero-order chi connectivity index (χ0) is 18.8. The largest absolute Gasteiger partial charge is 0.321 e. The third-order valence-corrected chi connectivity index (χ3v) is 4.59. The van der Waals surface area contributed by atoms with Crippen molar-refractivity contribution in [2.75, 3.05) is 5.32 Å². The predicted molar refractivity (Wildman–Crippen MR) is 106 cm³/mol. The SMILES string of the molecule is N#CCCn1cc(/C=C2\C(=O)Nc3ccc(Cl)cc32)c(-c2ccccc2)n1. The first kappa shape index (κ1) is 17.1. The second-order valence-corrected chi connectivity index (χ2v) is 6.61. The normalized spacial score (nSPS) is 14.1. The number of nitrogens with zero attached hydrogens (tertiary/aromatic N) is 3. The van der Waals surface area contributed by atoms with Crippen molar-refractivity contribution in [3.63, 3.8) is 0 Å². The molecule has 4 rings (SSSR count). The summed E-state index contributed by atoms with van der Waals surface area (Å²) in [7, 11) is 0. The molecular weight excluding hydrogens is 360 g/mol. The van der Waals surface area contributed by atoms with E-state index in [0.717, 1.165) is 28.1 Å². The van der Waals surface area contributed by atoms with Crippen LogP contribution >= 0.6 is 11.6 Å². The number of hydrogen-bond donors (Lipinski definition) is 1. The zero-order valence-corrected chi connectivity index (χ0v) is 15.1. The minimum atomic E-state index is -0.170. The number of benzene rings is 2. The van der Waals surface area contributed by atoms with Crippen LogP contribution in [0.5, 0.6) is 0 Å². The molecule has 0 radical (unpaired) electrons. The summed E-state index contributed by atoms with van der Waals surface area (Å²) in [5.41, 5.74) is 4.60. The van der Waals surface area contributed by atoms with Gasteiger partial charge in [0.05, 0.1) is 24.7 Å². The minimum Gasteiger partial charge on any atom is -0.321 e. The average Bonchev–Trinajstić information content (AvgIpc) is 3.22. The maximum Gasteiger partial charge on any atom is 0.256 e. The molecule has 1 aliphatic heterocycles. The first-order valence-electron chi connectivity index (χ1n) is 8.48. The molecule has 2 aromatic carbocycles. The first-order valence-corrected chi connectivity index (χ1v) is 8.86. The Balaban J connectivity index is 1.83. The molecule has 0 unspecified atom stereocenters. The van der Waals surface area contributed by atoms with Gasteiger partial charge in [-0.1, -0.05) is 41.9 Å². The molecule has 1 aromatic heterocycles. The summed E-state index contributed by atoms with van der Waals surface area (Å²) in [5.74, 6) is -0.170. The molecular formula is C21H15ClN4O. The van der Waals surface area contributed by atoms with Crippen molar-refractivity contribution >= 4 is 34.8 Å². The number of rotatable bonds is 4. The van der Waals surface area contributed by atoms with Crippen molar-refractivity contribution in [2.24, 2.45) is 0 Å². The predicted octanol–water partition coefficient (Wildman–Crippen LogP) is 4.61. The maximum absolute atomic E-state index is 12.5. The van der Waals surface area contributed by atoms with Gasteiger partial charge in [-0.25, -0.2) is 0 Å². The molecule has 0 saturated carbocycles. The lowest BCUT2D eigenvalue weighted by molar-refractivity contribution is -0.110. The lowest BCUT2D eigenvalue weighted by Crippen LogP contribution is -2.03. The van der Waals surface area contributed by atoms with E-state index in [1.165, 1.54) is 0 Å². The summed E-state index contributed by atoms with van der Waals surface area (Å²) in [6, 6.07) is 17.2. The molecule has 3 aromatic rings. The highest BCUT2D eigenvalue weighted by Crippen LogP contribution is 2.36. The molecule has 2 heterocycles. The van der Waals surface area contributed by atoms with Crippen molar-refractivity contribution in [3.05, 3.63) is 70.9 Å². The highest BCUT2D eigenvalue weighted by atomic mass is 35.5. The summed E-state index contributed by atoms with van der Waals surface area (Å²) in [4.78, 5) is 12.5. The maximum atomic E-state index is 12.5. The number of halogens is 1. The average molecular weight is 375 g/mol. The van der Waals surface area contributed by atoms with E-state index in [9.17, 15) is 4.79 Å². The van der Waals surface area contributed by atoms with Crippen LogP contribution in [0.1, 0.15) is 17.5 Å². The van der Waals surface area contributed by atoms with Crippen molar-refractivity contribution in [1.29, 1.82) is 5.26 Å². The van der Waals surface area contributed by atoms with Gasteiger partial charge in [-0.15, -0.1) is 0 Å². The van der Waals surface area contributed by atoms with Gasteiger partial charge in [0.15, 0.2) is 0 Å². The number of amides is 1. The molecule has 0 fully saturated rings. The van der Waals surface area contributed by atoms with Crippen molar-refractivity contribution < 1.29 is 4.79 Å². The molecule has 0 aliphatic carbocycles. The number of aromatic nitrogens is 2. The van der Waals surface area contributed by atoms with Crippen molar-refractivity contribution in [2.45, 2.75) is 13.0 Å². The minimum absolute atomic E-state index is 0.170. The van der Waals surface area contributed by atoms with Gasteiger partial charge in [-0.05, 0) is 24.3 Å². The molecule has 1 N–H and O–H groups in total. The fraction of sp³-hybridized carbons (Fsp3) is 0.0952. The number of nitrogens with one attached hydrogen (secondary N) is 1. The van der Waals surface area contributed by atoms with Gasteiger partial charge in [-0.3, -0.25) is 9.48 Å². The molecule has 5 nitrogen and oxygen atoms in total. The Morgan fingerprint density at radius 2 is 2.04 bits per heavy atom. The summed E-state index contributed by atoms with van der Waals surface area (Å²) < 4.78 is 1.74. The summed E-state index contributed by atoms with van der Waals surface area (Å²) in [6.07, 6.45) is 4.06. The Kier molecular flexibility index (Phi) is 4.49. The third kappa shape index (κ3) is 3.35. The standard InChI is InChI=1S/C21H15ClN4O/c22-16-7-8-19-17(12-16)18(21(27)24-19)11-15-13-26(10-4-9-23)25-20(15)14-5-2-1-3-6-14/h1-3,5-8,11-13H,4,10H2,(H,24,27)/b18-11-. The first-order chi connectivity index (χ1) is 13.2. The number of aryl methyl sites for hydroxylation is 1. The molecule has 6 heteroatoms. The van der Waals surface area contributed by atoms with Crippen LogP contribution in [0.3, 0.4) is 0 Å². The highest BCUT2D eigenvalue weighted by Gasteiger charge is 2.25. The van der Waals surface area contributed by atoms with Crippen LogP contribution in [0.4, 0.5) is 5.69 Å². The van der Waals surface area contributed by atoms with Crippen LogP contribution in [-0.4, -0.2) is 15.7 Å². The van der Waals surface area contributed by atoms with E-state index >= 15 is 0 Å². The number of anilines is 1. The number of carbonyl (C=O) groups excluding carboxylic acids is 1. The van der Waals surface area contributed by atoms with E-state index < -0.39 is 0 Å². The van der Waals surface area contributed by atoms with Crippen LogP contribution in [0.2, 0.25) is 5.02 Å². The van der Waals surface area contributed by atoms with Gasteiger partial charge < -0.3 is 5.32 Å². The van der Waals surface area contributed by atoms with Gasteiger partial charge in [0.25, 0.3) is 5.91 Å². The Morgan fingerprint density at radius 1 is 1.22 bits per heavy atom. The molecule has 0 spiro atoms. The zero-order valence-electron chi connectivity index (χ0n) is 14.3. The van der Waals surface area contributed by atoms with Crippen LogP contribution in [-0.2, 0) is 11.3 Å². The van der Waals surface area contributed by atoms with Crippen LogP contribution < -0.4 is 5.32 Å². The van der Waals surface area contributed by atoms with Crippen LogP contribution in [0.15, 0.2) is 54.7 Å². The van der Waals surface area contributed by atoms with E-state index in [0.29, 0.717) is 23.6 Å². The smallest absolute Gasteiger partial charge is 0.256 e. The monoisotopic (exact) mass is 374 g/mol. The Bertz CT molecular complexity index is 1090. The molecule has 132 valence electrons. The van der Waals surface area contributed by atoms with Gasteiger partial charge in [0.1, 0.15) is 0 Å². The molecule has 27 heavy (non-hydrogen) atoms. The summed E-state index contributed by atoms with van der Waals surface area (Å²) >= 11 is 6.11. The number of carbonyl (C=O) groups is 1. The molecule has 0 bridgehead atoms.